The van der Waals surface area contributed by atoms with Crippen LogP contribution in [-0.2, 0) is 0 Å². The van der Waals surface area contributed by atoms with E-state index in [1.165, 1.54) is 0 Å². The Morgan fingerprint density at radius 3 is 2.79 bits per heavy atom. The number of hydrogen-bond acceptors (Lipinski definition) is 5. The Labute approximate surface area is 119 Å². The fraction of sp³-hybridized carbons (Fsp3) is 0.308. The lowest BCUT2D eigenvalue weighted by molar-refractivity contribution is 0.0383. The highest BCUT2D eigenvalue weighted by atomic mass is 79.9. The second-order valence-corrected chi connectivity index (χ2v) is 5.58. The fourth-order valence-corrected chi connectivity index (χ4v) is 2.55. The molecule has 0 aliphatic carbocycles. The molecule has 2 aromatic rings. The largest absolute Gasteiger partial charge is 0.487 e. The summed E-state index contributed by atoms with van der Waals surface area (Å²) in [5.74, 6) is 1.15. The number of halogens is 1. The van der Waals surface area contributed by atoms with Gasteiger partial charge in [0.1, 0.15) is 17.5 Å². The second kappa shape index (κ2) is 4.86. The van der Waals surface area contributed by atoms with Gasteiger partial charge in [-0.15, -0.1) is 0 Å². The van der Waals surface area contributed by atoms with Crippen molar-refractivity contribution in [3.8, 4) is 17.0 Å². The average Bonchev–Trinajstić information content (AvgIpc) is 2.76. The molecule has 6 heteroatoms. The van der Waals surface area contributed by atoms with Crippen molar-refractivity contribution in [2.45, 2.75) is 6.10 Å². The molecule has 1 aromatic carbocycles. The summed E-state index contributed by atoms with van der Waals surface area (Å²) in [7, 11) is 2.08. The van der Waals surface area contributed by atoms with Gasteiger partial charge in [-0.3, -0.25) is 4.90 Å². The van der Waals surface area contributed by atoms with Gasteiger partial charge < -0.3 is 15.0 Å². The Balaban J connectivity index is 1.78. The lowest BCUT2D eigenvalue weighted by Gasteiger charge is -2.36. The molecule has 0 saturated carbocycles. The molecule has 0 amide bonds. The van der Waals surface area contributed by atoms with Crippen LogP contribution in [0.3, 0.4) is 0 Å². The molecule has 1 aliphatic heterocycles. The van der Waals surface area contributed by atoms with Crippen LogP contribution in [0.15, 0.2) is 33.3 Å². The number of ether oxygens (including phenoxy) is 1. The SMILES string of the molecule is CN1CC(Oc2ccc(-c3cc(N)on3)cc2Br)C1. The van der Waals surface area contributed by atoms with Crippen LogP contribution in [0, 0.1) is 0 Å². The van der Waals surface area contributed by atoms with Crippen molar-refractivity contribution in [3.05, 3.63) is 28.7 Å². The molecule has 1 aliphatic rings. The summed E-state index contributed by atoms with van der Waals surface area (Å²) in [4.78, 5) is 2.21. The molecular weight excluding hydrogens is 310 g/mol. The van der Waals surface area contributed by atoms with Crippen LogP contribution in [0.4, 0.5) is 5.88 Å². The van der Waals surface area contributed by atoms with E-state index in [9.17, 15) is 0 Å². The summed E-state index contributed by atoms with van der Waals surface area (Å²) in [5.41, 5.74) is 7.17. The molecule has 1 aromatic heterocycles. The molecule has 5 nitrogen and oxygen atoms in total. The van der Waals surface area contributed by atoms with Gasteiger partial charge in [0, 0.05) is 24.7 Å². The Hall–Kier alpha value is -1.53. The topological polar surface area (TPSA) is 64.5 Å². The molecule has 1 saturated heterocycles. The zero-order valence-electron chi connectivity index (χ0n) is 10.5. The van der Waals surface area contributed by atoms with Crippen molar-refractivity contribution in [1.82, 2.24) is 10.1 Å². The van der Waals surface area contributed by atoms with Crippen LogP contribution < -0.4 is 10.5 Å². The van der Waals surface area contributed by atoms with Gasteiger partial charge in [-0.05, 0) is 41.2 Å². The Morgan fingerprint density at radius 1 is 1.42 bits per heavy atom. The van der Waals surface area contributed by atoms with Gasteiger partial charge in [-0.2, -0.15) is 0 Å². The molecule has 19 heavy (non-hydrogen) atoms. The number of likely N-dealkylation sites (N-methyl/N-ethyl adjacent to an activating group) is 1. The van der Waals surface area contributed by atoms with Gasteiger partial charge in [-0.1, -0.05) is 5.16 Å². The minimum atomic E-state index is 0.273. The smallest absolute Gasteiger partial charge is 0.222 e. The quantitative estimate of drug-likeness (QED) is 0.939. The number of benzene rings is 1. The van der Waals surface area contributed by atoms with E-state index in [0.717, 1.165) is 28.9 Å². The number of nitrogens with zero attached hydrogens (tertiary/aromatic N) is 2. The number of likely N-dealkylation sites (tertiary alicyclic amines) is 1. The molecule has 0 bridgehead atoms. The normalized spacial score (nSPS) is 16.3. The minimum Gasteiger partial charge on any atom is -0.487 e. The highest BCUT2D eigenvalue weighted by Crippen LogP contribution is 2.32. The minimum absolute atomic E-state index is 0.273. The van der Waals surface area contributed by atoms with Gasteiger partial charge in [0.15, 0.2) is 0 Å². The van der Waals surface area contributed by atoms with Gasteiger partial charge in [0.2, 0.25) is 5.88 Å². The molecule has 0 unspecified atom stereocenters. The third-order valence-electron chi connectivity index (χ3n) is 3.08. The Kier molecular flexibility index (Phi) is 3.20. The predicted molar refractivity (Wildman–Crippen MR) is 76.0 cm³/mol. The summed E-state index contributed by atoms with van der Waals surface area (Å²) in [6.07, 6.45) is 0.273. The summed E-state index contributed by atoms with van der Waals surface area (Å²) in [6, 6.07) is 7.53. The average molecular weight is 324 g/mol. The fourth-order valence-electron chi connectivity index (χ4n) is 2.08. The lowest BCUT2D eigenvalue weighted by Crippen LogP contribution is -2.51. The van der Waals surface area contributed by atoms with E-state index in [2.05, 4.69) is 33.0 Å². The number of hydrogen-bond donors (Lipinski definition) is 1. The maximum Gasteiger partial charge on any atom is 0.222 e. The van der Waals surface area contributed by atoms with E-state index in [-0.39, 0.29) is 6.10 Å². The van der Waals surface area contributed by atoms with Crippen molar-refractivity contribution in [2.24, 2.45) is 0 Å². The van der Waals surface area contributed by atoms with Crippen LogP contribution >= 0.6 is 15.9 Å². The van der Waals surface area contributed by atoms with Crippen molar-refractivity contribution < 1.29 is 9.26 Å². The van der Waals surface area contributed by atoms with E-state index in [0.29, 0.717) is 11.6 Å². The number of nitrogens with two attached hydrogens (primary N) is 1. The zero-order valence-corrected chi connectivity index (χ0v) is 12.1. The van der Waals surface area contributed by atoms with Crippen LogP contribution in [0.2, 0.25) is 0 Å². The van der Waals surface area contributed by atoms with E-state index < -0.39 is 0 Å². The van der Waals surface area contributed by atoms with E-state index in [1.807, 2.05) is 18.2 Å². The monoisotopic (exact) mass is 323 g/mol. The molecule has 3 rings (SSSR count). The third-order valence-corrected chi connectivity index (χ3v) is 3.70. The van der Waals surface area contributed by atoms with Crippen molar-refractivity contribution in [1.29, 1.82) is 0 Å². The third kappa shape index (κ3) is 2.59. The van der Waals surface area contributed by atoms with Gasteiger partial charge in [-0.25, -0.2) is 0 Å². The second-order valence-electron chi connectivity index (χ2n) is 4.72. The maximum atomic E-state index is 5.89. The van der Waals surface area contributed by atoms with Crippen molar-refractivity contribution in [2.75, 3.05) is 25.9 Å². The summed E-state index contributed by atoms with van der Waals surface area (Å²) in [6.45, 7) is 1.93. The van der Waals surface area contributed by atoms with Crippen LogP contribution in [-0.4, -0.2) is 36.3 Å². The number of rotatable bonds is 3. The van der Waals surface area contributed by atoms with Crippen molar-refractivity contribution >= 4 is 21.8 Å². The van der Waals surface area contributed by atoms with Gasteiger partial charge >= 0.3 is 0 Å². The van der Waals surface area contributed by atoms with E-state index in [4.69, 9.17) is 15.0 Å². The molecule has 0 radical (unpaired) electrons. The number of anilines is 1. The first-order chi connectivity index (χ1) is 9.11. The summed E-state index contributed by atoms with van der Waals surface area (Å²) in [5, 5.41) is 3.89. The highest BCUT2D eigenvalue weighted by molar-refractivity contribution is 9.10. The van der Waals surface area contributed by atoms with Crippen LogP contribution in [0.5, 0.6) is 5.75 Å². The number of aromatic nitrogens is 1. The van der Waals surface area contributed by atoms with E-state index >= 15 is 0 Å². The van der Waals surface area contributed by atoms with Gasteiger partial charge in [0.25, 0.3) is 0 Å². The maximum absolute atomic E-state index is 5.89. The lowest BCUT2D eigenvalue weighted by atomic mass is 10.1. The summed E-state index contributed by atoms with van der Waals surface area (Å²) < 4.78 is 11.7. The molecule has 1 fully saturated rings. The van der Waals surface area contributed by atoms with Crippen molar-refractivity contribution in [3.63, 3.8) is 0 Å². The molecule has 0 spiro atoms. The highest BCUT2D eigenvalue weighted by Gasteiger charge is 2.25. The molecule has 100 valence electrons. The first kappa shape index (κ1) is 12.5. The zero-order chi connectivity index (χ0) is 13.4. The molecule has 2 N–H and O–H groups in total. The van der Waals surface area contributed by atoms with Gasteiger partial charge in [0.05, 0.1) is 4.47 Å². The first-order valence-corrected chi connectivity index (χ1v) is 6.78. The van der Waals surface area contributed by atoms with Crippen LogP contribution in [0.25, 0.3) is 11.3 Å². The Morgan fingerprint density at radius 2 is 2.21 bits per heavy atom. The predicted octanol–water partition coefficient (Wildman–Crippen LogP) is 2.38. The number of nitrogen functional groups attached to an aromatic ring is 1. The van der Waals surface area contributed by atoms with Crippen LogP contribution in [0.1, 0.15) is 0 Å². The molecule has 0 atom stereocenters. The molecular formula is C13H14BrN3O2. The first-order valence-electron chi connectivity index (χ1n) is 5.99. The molecule has 2 heterocycles. The Bertz CT molecular complexity index is 593. The standard InChI is InChI=1S/C13H14BrN3O2/c1-17-6-9(7-17)18-12-3-2-8(4-10(12)14)11-5-13(15)19-16-11/h2-5,9H,6-7,15H2,1H3. The summed E-state index contributed by atoms with van der Waals surface area (Å²) >= 11 is 3.52. The van der Waals surface area contributed by atoms with E-state index in [1.54, 1.807) is 6.07 Å².